The zero-order valence-corrected chi connectivity index (χ0v) is 17.5. The van der Waals surface area contributed by atoms with Crippen LogP contribution < -0.4 is 4.72 Å². The molecule has 0 aromatic heterocycles. The van der Waals surface area contributed by atoms with E-state index in [1.807, 2.05) is 0 Å². The molecule has 0 heterocycles. The van der Waals surface area contributed by atoms with Crippen LogP contribution in [-0.4, -0.2) is 31.0 Å². The largest absolute Gasteiger partial charge is 0.481 e. The van der Waals surface area contributed by atoms with Crippen LogP contribution in [0.15, 0.2) is 48.5 Å². The number of carbonyl (C=O) groups excluding carboxylic acids is 1. The molecule has 0 aliphatic heterocycles. The van der Waals surface area contributed by atoms with Gasteiger partial charge >= 0.3 is 5.97 Å². The number of sulfonamides is 1. The van der Waals surface area contributed by atoms with Crippen LogP contribution in [0.25, 0.3) is 0 Å². The molecule has 0 radical (unpaired) electrons. The number of hydrogen-bond donors (Lipinski definition) is 2. The smallest absolute Gasteiger partial charge is 0.303 e. The first kappa shape index (κ1) is 22.9. The van der Waals surface area contributed by atoms with Gasteiger partial charge in [-0.1, -0.05) is 61.2 Å². The Morgan fingerprint density at radius 2 is 1.59 bits per heavy atom. The Kier molecular flexibility index (Phi) is 8.67. The summed E-state index contributed by atoms with van der Waals surface area (Å²) in [6.07, 6.45) is 3.48. The van der Waals surface area contributed by atoms with E-state index >= 15 is 0 Å². The van der Waals surface area contributed by atoms with E-state index in [9.17, 15) is 18.0 Å². The summed E-state index contributed by atoms with van der Waals surface area (Å²) in [4.78, 5) is 23.1. The SMILES string of the molecule is O=C(O)CCCCCCCS(=O)(=O)Nc1ccc(Cl)c(C(=O)c2ccccc2)c1. The number of halogens is 1. The predicted molar refractivity (Wildman–Crippen MR) is 114 cm³/mol. The van der Waals surface area contributed by atoms with Gasteiger partial charge in [0, 0.05) is 23.2 Å². The second-order valence-electron chi connectivity index (χ2n) is 6.72. The van der Waals surface area contributed by atoms with E-state index in [1.54, 1.807) is 30.3 Å². The predicted octanol–water partition coefficient (Wildman–Crippen LogP) is 4.74. The molecule has 6 nitrogen and oxygen atoms in total. The Morgan fingerprint density at radius 3 is 2.28 bits per heavy atom. The van der Waals surface area contributed by atoms with E-state index in [1.165, 1.54) is 18.2 Å². The molecule has 0 bridgehead atoms. The average Bonchev–Trinajstić information content (AvgIpc) is 2.68. The van der Waals surface area contributed by atoms with Crippen molar-refractivity contribution in [3.05, 3.63) is 64.7 Å². The van der Waals surface area contributed by atoms with E-state index in [-0.39, 0.29) is 34.2 Å². The average molecular weight is 438 g/mol. The second kappa shape index (κ2) is 11.0. The number of hydrogen-bond acceptors (Lipinski definition) is 4. The van der Waals surface area contributed by atoms with Crippen molar-refractivity contribution in [2.24, 2.45) is 0 Å². The van der Waals surface area contributed by atoms with Crippen molar-refractivity contribution in [2.75, 3.05) is 10.5 Å². The summed E-state index contributed by atoms with van der Waals surface area (Å²) in [5.41, 5.74) is 0.990. The van der Waals surface area contributed by atoms with Gasteiger partial charge in [0.05, 0.1) is 10.8 Å². The molecule has 0 unspecified atom stereocenters. The number of anilines is 1. The van der Waals surface area contributed by atoms with Crippen molar-refractivity contribution in [2.45, 2.75) is 38.5 Å². The number of carbonyl (C=O) groups is 2. The Labute approximate surface area is 176 Å². The molecule has 8 heteroatoms. The molecule has 0 saturated carbocycles. The Hall–Kier alpha value is -2.38. The van der Waals surface area contributed by atoms with Crippen LogP contribution >= 0.6 is 11.6 Å². The summed E-state index contributed by atoms with van der Waals surface area (Å²) in [7, 11) is -3.56. The lowest BCUT2D eigenvalue weighted by molar-refractivity contribution is -0.137. The number of ketones is 1. The second-order valence-corrected chi connectivity index (χ2v) is 8.97. The van der Waals surface area contributed by atoms with Gasteiger partial charge in [-0.15, -0.1) is 0 Å². The molecular weight excluding hydrogens is 414 g/mol. The fraction of sp³-hybridized carbons (Fsp3) is 0.333. The number of carboxylic acids is 1. The van der Waals surface area contributed by atoms with Gasteiger partial charge in [-0.05, 0) is 31.0 Å². The van der Waals surface area contributed by atoms with Gasteiger partial charge in [0.15, 0.2) is 5.78 Å². The molecule has 0 aliphatic rings. The van der Waals surface area contributed by atoms with Crippen LogP contribution in [-0.2, 0) is 14.8 Å². The van der Waals surface area contributed by atoms with E-state index in [0.717, 1.165) is 12.8 Å². The Morgan fingerprint density at radius 1 is 0.931 bits per heavy atom. The molecule has 0 atom stereocenters. The van der Waals surface area contributed by atoms with Crippen molar-refractivity contribution >= 4 is 39.1 Å². The highest BCUT2D eigenvalue weighted by atomic mass is 35.5. The third kappa shape index (κ3) is 7.87. The molecular formula is C21H24ClNO5S. The summed E-state index contributed by atoms with van der Waals surface area (Å²) in [6, 6.07) is 13.1. The third-order valence-electron chi connectivity index (χ3n) is 4.32. The molecule has 29 heavy (non-hydrogen) atoms. The van der Waals surface area contributed by atoms with Gasteiger partial charge in [-0.3, -0.25) is 14.3 Å². The minimum absolute atomic E-state index is 0.0451. The highest BCUT2D eigenvalue weighted by molar-refractivity contribution is 7.92. The fourth-order valence-electron chi connectivity index (χ4n) is 2.84. The first-order chi connectivity index (χ1) is 13.8. The molecule has 156 valence electrons. The first-order valence-corrected chi connectivity index (χ1v) is 11.4. The first-order valence-electron chi connectivity index (χ1n) is 9.40. The molecule has 2 rings (SSSR count). The van der Waals surface area contributed by atoms with E-state index < -0.39 is 16.0 Å². The maximum absolute atomic E-state index is 12.6. The fourth-order valence-corrected chi connectivity index (χ4v) is 4.21. The maximum atomic E-state index is 12.6. The normalized spacial score (nSPS) is 11.2. The quantitative estimate of drug-likeness (QED) is 0.369. The van der Waals surface area contributed by atoms with Crippen LogP contribution in [0, 0.1) is 0 Å². The standard InChI is InChI=1S/C21H24ClNO5S/c22-19-13-12-17(15-18(19)21(26)16-9-5-4-6-10-16)23-29(27,28)14-8-3-1-2-7-11-20(24)25/h4-6,9-10,12-13,15,23H,1-3,7-8,11,14H2,(H,24,25). The lowest BCUT2D eigenvalue weighted by atomic mass is 10.0. The number of benzene rings is 2. The molecule has 0 saturated heterocycles. The van der Waals surface area contributed by atoms with Gasteiger partial charge in [0.2, 0.25) is 10.0 Å². The van der Waals surface area contributed by atoms with Crippen LogP contribution in [0.5, 0.6) is 0 Å². The van der Waals surface area contributed by atoms with Crippen LogP contribution in [0.4, 0.5) is 5.69 Å². The van der Waals surface area contributed by atoms with Crippen molar-refractivity contribution in [3.8, 4) is 0 Å². The molecule has 0 amide bonds. The summed E-state index contributed by atoms with van der Waals surface area (Å²) >= 11 is 6.14. The van der Waals surface area contributed by atoms with Gasteiger partial charge in [-0.25, -0.2) is 8.42 Å². The number of rotatable bonds is 12. The molecule has 0 aliphatic carbocycles. The highest BCUT2D eigenvalue weighted by Crippen LogP contribution is 2.24. The van der Waals surface area contributed by atoms with Gasteiger partial charge in [-0.2, -0.15) is 0 Å². The van der Waals surface area contributed by atoms with Gasteiger partial charge in [0.25, 0.3) is 0 Å². The molecule has 2 aromatic rings. The summed E-state index contributed by atoms with van der Waals surface area (Å²) in [6.45, 7) is 0. The topological polar surface area (TPSA) is 101 Å². The summed E-state index contributed by atoms with van der Waals surface area (Å²) < 4.78 is 27.1. The molecule has 0 fully saturated rings. The lowest BCUT2D eigenvalue weighted by Gasteiger charge is -2.11. The minimum Gasteiger partial charge on any atom is -0.481 e. The maximum Gasteiger partial charge on any atom is 0.303 e. The highest BCUT2D eigenvalue weighted by Gasteiger charge is 2.16. The third-order valence-corrected chi connectivity index (χ3v) is 6.03. The van der Waals surface area contributed by atoms with Crippen LogP contribution in [0.3, 0.4) is 0 Å². The molecule has 0 spiro atoms. The Balaban J connectivity index is 1.92. The molecule has 2 N–H and O–H groups in total. The van der Waals surface area contributed by atoms with Crippen molar-refractivity contribution in [1.82, 2.24) is 0 Å². The molecule has 2 aromatic carbocycles. The number of nitrogens with one attached hydrogen (secondary N) is 1. The van der Waals surface area contributed by atoms with Crippen molar-refractivity contribution in [1.29, 1.82) is 0 Å². The van der Waals surface area contributed by atoms with Gasteiger partial charge in [0.1, 0.15) is 0 Å². The van der Waals surface area contributed by atoms with E-state index in [2.05, 4.69) is 4.72 Å². The number of carboxylic acid groups (broad SMARTS) is 1. The van der Waals surface area contributed by atoms with Gasteiger partial charge < -0.3 is 5.11 Å². The Bertz CT molecular complexity index is 945. The van der Waals surface area contributed by atoms with E-state index in [0.29, 0.717) is 24.8 Å². The van der Waals surface area contributed by atoms with Crippen molar-refractivity contribution in [3.63, 3.8) is 0 Å². The van der Waals surface area contributed by atoms with E-state index in [4.69, 9.17) is 16.7 Å². The lowest BCUT2D eigenvalue weighted by Crippen LogP contribution is -2.17. The van der Waals surface area contributed by atoms with Crippen LogP contribution in [0.2, 0.25) is 5.02 Å². The minimum atomic E-state index is -3.56. The zero-order valence-electron chi connectivity index (χ0n) is 15.9. The summed E-state index contributed by atoms with van der Waals surface area (Å²) in [5.74, 6) is -1.14. The number of unbranched alkanes of at least 4 members (excludes halogenated alkanes) is 4. The number of aliphatic carboxylic acids is 1. The summed E-state index contributed by atoms with van der Waals surface area (Å²) in [5, 5.41) is 8.83. The van der Waals surface area contributed by atoms with Crippen molar-refractivity contribution < 1.29 is 23.1 Å². The zero-order chi connectivity index (χ0) is 21.3. The monoisotopic (exact) mass is 437 g/mol. The van der Waals surface area contributed by atoms with Crippen LogP contribution in [0.1, 0.15) is 54.4 Å².